The molecule has 2 heteroatoms. The Morgan fingerprint density at radius 3 is 2.50 bits per heavy atom. The van der Waals surface area contributed by atoms with E-state index in [1.54, 1.807) is 7.11 Å². The van der Waals surface area contributed by atoms with Gasteiger partial charge in [-0.3, -0.25) is 0 Å². The van der Waals surface area contributed by atoms with E-state index in [0.29, 0.717) is 6.61 Å². The molecule has 0 radical (unpaired) electrons. The maximum atomic E-state index is 9.40. The number of rotatable bonds is 5. The molecule has 0 saturated carbocycles. The maximum Gasteiger partial charge on any atom is 0.0670 e. The largest absolute Gasteiger partial charge is 0.390 e. The van der Waals surface area contributed by atoms with Gasteiger partial charge in [0.2, 0.25) is 0 Å². The van der Waals surface area contributed by atoms with Gasteiger partial charge in [-0.25, -0.2) is 0 Å². The van der Waals surface area contributed by atoms with Crippen molar-refractivity contribution in [3.63, 3.8) is 0 Å². The van der Waals surface area contributed by atoms with Crippen LogP contribution in [0.1, 0.15) is 33.6 Å². The van der Waals surface area contributed by atoms with Crippen LogP contribution >= 0.6 is 0 Å². The molecule has 0 rings (SSSR count). The second kappa shape index (κ2) is 5.33. The second-order valence-corrected chi connectivity index (χ2v) is 3.83. The van der Waals surface area contributed by atoms with E-state index < -0.39 is 5.60 Å². The summed E-state index contributed by atoms with van der Waals surface area (Å²) in [4.78, 5) is 0. The summed E-state index contributed by atoms with van der Waals surface area (Å²) in [5, 5.41) is 9.40. The predicted molar refractivity (Wildman–Crippen MR) is 51.2 cm³/mol. The lowest BCUT2D eigenvalue weighted by molar-refractivity contribution is 0.0720. The summed E-state index contributed by atoms with van der Waals surface area (Å²) < 4.78 is 4.96. The molecule has 0 spiro atoms. The fourth-order valence-electron chi connectivity index (χ4n) is 0.958. The highest BCUT2D eigenvalue weighted by Crippen LogP contribution is 2.11. The topological polar surface area (TPSA) is 29.5 Å². The number of ether oxygens (including phenoxy) is 1. The van der Waals surface area contributed by atoms with Crippen molar-refractivity contribution in [2.75, 3.05) is 13.7 Å². The van der Waals surface area contributed by atoms with Gasteiger partial charge in [0.15, 0.2) is 0 Å². The molecule has 2 nitrogen and oxygen atoms in total. The second-order valence-electron chi connectivity index (χ2n) is 3.83. The van der Waals surface area contributed by atoms with Crippen molar-refractivity contribution in [3.05, 3.63) is 11.6 Å². The summed E-state index contributed by atoms with van der Waals surface area (Å²) in [6.07, 6.45) is 3.83. The van der Waals surface area contributed by atoms with Crippen molar-refractivity contribution in [2.24, 2.45) is 0 Å². The molecular weight excluding hydrogens is 152 g/mol. The van der Waals surface area contributed by atoms with Crippen molar-refractivity contribution in [1.29, 1.82) is 0 Å². The minimum atomic E-state index is -0.552. The van der Waals surface area contributed by atoms with Crippen molar-refractivity contribution >= 4 is 0 Å². The summed E-state index contributed by atoms with van der Waals surface area (Å²) >= 11 is 0. The highest BCUT2D eigenvalue weighted by atomic mass is 16.5. The van der Waals surface area contributed by atoms with Crippen molar-refractivity contribution in [3.8, 4) is 0 Å². The Bertz CT molecular complexity index is 142. The van der Waals surface area contributed by atoms with Crippen LogP contribution in [0.5, 0.6) is 0 Å². The molecule has 0 amide bonds. The zero-order valence-corrected chi connectivity index (χ0v) is 8.55. The number of methoxy groups -OCH3 is 1. The number of hydrogen-bond donors (Lipinski definition) is 1. The summed E-state index contributed by atoms with van der Waals surface area (Å²) in [7, 11) is 1.69. The normalized spacial score (nSPS) is 13.6. The molecule has 0 bridgehead atoms. The molecule has 0 atom stereocenters. The molecule has 0 fully saturated rings. The van der Waals surface area contributed by atoms with Gasteiger partial charge in [0.05, 0.1) is 12.2 Å². The summed E-state index contributed by atoms with van der Waals surface area (Å²) in [6, 6.07) is 0. The molecule has 0 aliphatic heterocycles. The average Bonchev–Trinajstić information content (AvgIpc) is 1.84. The van der Waals surface area contributed by atoms with E-state index in [-0.39, 0.29) is 0 Å². The quantitative estimate of drug-likeness (QED) is 0.644. The smallest absolute Gasteiger partial charge is 0.0670 e. The molecule has 0 aliphatic carbocycles. The Morgan fingerprint density at radius 1 is 1.50 bits per heavy atom. The fourth-order valence-corrected chi connectivity index (χ4v) is 0.958. The monoisotopic (exact) mass is 172 g/mol. The molecule has 0 aromatic heterocycles. The van der Waals surface area contributed by atoms with E-state index in [9.17, 15) is 5.11 Å². The van der Waals surface area contributed by atoms with Crippen LogP contribution in [0.4, 0.5) is 0 Å². The van der Waals surface area contributed by atoms with Crippen molar-refractivity contribution in [1.82, 2.24) is 0 Å². The van der Waals surface area contributed by atoms with Crippen LogP contribution in [-0.4, -0.2) is 24.4 Å². The van der Waals surface area contributed by atoms with Crippen LogP contribution in [0.15, 0.2) is 11.6 Å². The first kappa shape index (κ1) is 11.7. The van der Waals surface area contributed by atoms with E-state index in [1.807, 2.05) is 20.8 Å². The van der Waals surface area contributed by atoms with Gasteiger partial charge in [-0.2, -0.15) is 0 Å². The fraction of sp³-hybridized carbons (Fsp3) is 0.800. The lowest BCUT2D eigenvalue weighted by Gasteiger charge is -2.15. The third kappa shape index (κ3) is 7.76. The molecule has 0 saturated heterocycles. The standard InChI is InChI=1S/C10H20O2/c1-9(8-12-4)6-5-7-10(2,3)11/h6,11H,5,7-8H2,1-4H3/b9-6-. The van der Waals surface area contributed by atoms with Gasteiger partial charge >= 0.3 is 0 Å². The number of allylic oxidation sites excluding steroid dienone is 1. The summed E-state index contributed by atoms with van der Waals surface area (Å²) in [5.74, 6) is 0. The van der Waals surface area contributed by atoms with Crippen molar-refractivity contribution < 1.29 is 9.84 Å². The van der Waals surface area contributed by atoms with E-state index in [0.717, 1.165) is 12.8 Å². The van der Waals surface area contributed by atoms with Crippen LogP contribution < -0.4 is 0 Å². The molecule has 0 aliphatic rings. The molecule has 0 heterocycles. The van der Waals surface area contributed by atoms with Crippen LogP contribution in [0.3, 0.4) is 0 Å². The van der Waals surface area contributed by atoms with Gasteiger partial charge in [0, 0.05) is 7.11 Å². The molecule has 12 heavy (non-hydrogen) atoms. The Labute approximate surface area is 75.2 Å². The van der Waals surface area contributed by atoms with Crippen LogP contribution in [0.2, 0.25) is 0 Å². The number of aliphatic hydroxyl groups is 1. The minimum Gasteiger partial charge on any atom is -0.390 e. The lowest BCUT2D eigenvalue weighted by Crippen LogP contribution is -2.17. The highest BCUT2D eigenvalue weighted by Gasteiger charge is 2.09. The third-order valence-corrected chi connectivity index (χ3v) is 1.62. The third-order valence-electron chi connectivity index (χ3n) is 1.62. The zero-order valence-electron chi connectivity index (χ0n) is 8.55. The molecule has 0 aromatic carbocycles. The molecule has 0 aromatic rings. The van der Waals surface area contributed by atoms with Gasteiger partial charge in [-0.1, -0.05) is 11.6 Å². The SMILES string of the molecule is COC/C(C)=C\CCC(C)(C)O. The molecule has 1 N–H and O–H groups in total. The van der Waals surface area contributed by atoms with Gasteiger partial charge in [-0.05, 0) is 33.6 Å². The number of hydrogen-bond acceptors (Lipinski definition) is 2. The molecule has 0 unspecified atom stereocenters. The Kier molecular flexibility index (Phi) is 5.18. The lowest BCUT2D eigenvalue weighted by atomic mass is 10.0. The van der Waals surface area contributed by atoms with E-state index >= 15 is 0 Å². The maximum absolute atomic E-state index is 9.40. The van der Waals surface area contributed by atoms with E-state index in [2.05, 4.69) is 6.08 Å². The summed E-state index contributed by atoms with van der Waals surface area (Å²) in [6.45, 7) is 6.37. The van der Waals surface area contributed by atoms with Gasteiger partial charge in [0.1, 0.15) is 0 Å². The first-order chi connectivity index (χ1) is 5.45. The van der Waals surface area contributed by atoms with E-state index in [4.69, 9.17) is 4.74 Å². The van der Waals surface area contributed by atoms with Gasteiger partial charge < -0.3 is 9.84 Å². The Morgan fingerprint density at radius 2 is 2.08 bits per heavy atom. The summed E-state index contributed by atoms with van der Waals surface area (Å²) in [5.41, 5.74) is 0.672. The van der Waals surface area contributed by atoms with Crippen molar-refractivity contribution in [2.45, 2.75) is 39.2 Å². The van der Waals surface area contributed by atoms with E-state index in [1.165, 1.54) is 5.57 Å². The highest BCUT2D eigenvalue weighted by molar-refractivity contribution is 4.98. The Hall–Kier alpha value is -0.340. The van der Waals surface area contributed by atoms with Gasteiger partial charge in [-0.15, -0.1) is 0 Å². The average molecular weight is 172 g/mol. The first-order valence-corrected chi connectivity index (χ1v) is 4.32. The van der Waals surface area contributed by atoms with Crippen LogP contribution in [0.25, 0.3) is 0 Å². The molecular formula is C10H20O2. The predicted octanol–water partition coefficient (Wildman–Crippen LogP) is 2.13. The molecule has 72 valence electrons. The van der Waals surface area contributed by atoms with Crippen LogP contribution in [-0.2, 0) is 4.74 Å². The van der Waals surface area contributed by atoms with Gasteiger partial charge in [0.25, 0.3) is 0 Å². The minimum absolute atomic E-state index is 0.552. The first-order valence-electron chi connectivity index (χ1n) is 4.32. The zero-order chi connectivity index (χ0) is 9.61. The van der Waals surface area contributed by atoms with Crippen LogP contribution in [0, 0.1) is 0 Å². The Balaban J connectivity index is 3.60.